The SMILES string of the molecule is CC(C)(C)c1ccc2c3ccccc3n(Sn3c4ccccc4c4ccccc43)c2c1. The Kier molecular flexibility index (Phi) is 4.00. The average molecular weight is 421 g/mol. The zero-order chi connectivity index (χ0) is 21.2. The van der Waals surface area contributed by atoms with E-state index in [2.05, 4.69) is 120 Å². The van der Waals surface area contributed by atoms with Crippen molar-refractivity contribution in [3.05, 3.63) is 96.6 Å². The van der Waals surface area contributed by atoms with E-state index in [1.807, 2.05) is 0 Å². The molecule has 0 amide bonds. The molecule has 6 rings (SSSR count). The Labute approximate surface area is 186 Å². The Balaban J connectivity index is 1.68. The molecule has 0 N–H and O–H groups in total. The van der Waals surface area contributed by atoms with Crippen molar-refractivity contribution in [2.24, 2.45) is 0 Å². The van der Waals surface area contributed by atoms with Crippen molar-refractivity contribution in [2.75, 3.05) is 0 Å². The minimum Gasteiger partial charge on any atom is -0.265 e. The predicted octanol–water partition coefficient (Wildman–Crippen LogP) is 8.16. The van der Waals surface area contributed by atoms with Crippen LogP contribution in [0.15, 0.2) is 91.0 Å². The van der Waals surface area contributed by atoms with Gasteiger partial charge in [-0.05, 0) is 35.2 Å². The van der Waals surface area contributed by atoms with Gasteiger partial charge >= 0.3 is 0 Å². The normalized spacial score (nSPS) is 12.5. The number of rotatable bonds is 2. The molecule has 3 heteroatoms. The van der Waals surface area contributed by atoms with Gasteiger partial charge in [-0.1, -0.05) is 87.5 Å². The average Bonchev–Trinajstić information content (AvgIpc) is 3.27. The van der Waals surface area contributed by atoms with Gasteiger partial charge in [0.25, 0.3) is 0 Å². The maximum Gasteiger partial charge on any atom is 0.0817 e. The van der Waals surface area contributed by atoms with Crippen LogP contribution in [0.3, 0.4) is 0 Å². The number of para-hydroxylation sites is 3. The fourth-order valence-corrected chi connectivity index (χ4v) is 5.69. The molecule has 2 nitrogen and oxygen atoms in total. The lowest BCUT2D eigenvalue weighted by Crippen LogP contribution is -2.10. The van der Waals surface area contributed by atoms with Crippen LogP contribution < -0.4 is 0 Å². The van der Waals surface area contributed by atoms with Crippen LogP contribution in [0.2, 0.25) is 0 Å². The maximum absolute atomic E-state index is 2.40. The summed E-state index contributed by atoms with van der Waals surface area (Å²) < 4.78 is 4.78. The molecule has 0 radical (unpaired) electrons. The molecule has 6 aromatic rings. The van der Waals surface area contributed by atoms with Crippen molar-refractivity contribution in [3.8, 4) is 0 Å². The molecule has 0 saturated heterocycles. The minimum atomic E-state index is 0.104. The van der Waals surface area contributed by atoms with E-state index in [1.54, 1.807) is 12.1 Å². The largest absolute Gasteiger partial charge is 0.265 e. The van der Waals surface area contributed by atoms with Crippen molar-refractivity contribution < 1.29 is 0 Å². The van der Waals surface area contributed by atoms with Gasteiger partial charge in [0.05, 0.1) is 34.2 Å². The lowest BCUT2D eigenvalue weighted by molar-refractivity contribution is 0.591. The van der Waals surface area contributed by atoms with Gasteiger partial charge in [0.1, 0.15) is 0 Å². The number of benzene rings is 4. The smallest absolute Gasteiger partial charge is 0.0817 e. The summed E-state index contributed by atoms with van der Waals surface area (Å²) in [5.41, 5.74) is 6.45. The third-order valence-corrected chi connectivity index (χ3v) is 7.31. The molecule has 31 heavy (non-hydrogen) atoms. The Hall–Kier alpha value is -3.17. The summed E-state index contributed by atoms with van der Waals surface area (Å²) >= 11 is 1.77. The topological polar surface area (TPSA) is 9.86 Å². The molecule has 4 aromatic carbocycles. The first kappa shape index (κ1) is 18.6. The zero-order valence-electron chi connectivity index (χ0n) is 18.0. The van der Waals surface area contributed by atoms with Crippen molar-refractivity contribution >= 4 is 55.7 Å². The van der Waals surface area contributed by atoms with E-state index >= 15 is 0 Å². The molecular weight excluding hydrogens is 396 g/mol. The van der Waals surface area contributed by atoms with Crippen LogP contribution in [-0.4, -0.2) is 7.94 Å². The number of hydrogen-bond donors (Lipinski definition) is 0. The minimum absolute atomic E-state index is 0.104. The molecule has 0 aliphatic carbocycles. The van der Waals surface area contributed by atoms with Crippen molar-refractivity contribution in [1.29, 1.82) is 0 Å². The lowest BCUT2D eigenvalue weighted by atomic mass is 9.86. The summed E-state index contributed by atoms with van der Waals surface area (Å²) in [4.78, 5) is 0. The highest BCUT2D eigenvalue weighted by molar-refractivity contribution is 7.97. The van der Waals surface area contributed by atoms with Crippen LogP contribution in [-0.2, 0) is 5.41 Å². The molecule has 0 aliphatic rings. The second-order valence-corrected chi connectivity index (χ2v) is 10.1. The Morgan fingerprint density at radius 3 is 1.42 bits per heavy atom. The molecule has 2 heterocycles. The monoisotopic (exact) mass is 420 g/mol. The van der Waals surface area contributed by atoms with Gasteiger partial charge in [-0.2, -0.15) is 0 Å². The van der Waals surface area contributed by atoms with E-state index < -0.39 is 0 Å². The van der Waals surface area contributed by atoms with Gasteiger partial charge in [-0.25, -0.2) is 0 Å². The molecule has 2 aromatic heterocycles. The van der Waals surface area contributed by atoms with Crippen LogP contribution in [0.5, 0.6) is 0 Å². The number of nitrogens with zero attached hydrogens (tertiary/aromatic N) is 2. The highest BCUT2D eigenvalue weighted by atomic mass is 32.2. The Morgan fingerprint density at radius 2 is 0.935 bits per heavy atom. The van der Waals surface area contributed by atoms with Crippen LogP contribution >= 0.6 is 12.1 Å². The second-order valence-electron chi connectivity index (χ2n) is 9.20. The van der Waals surface area contributed by atoms with Crippen molar-refractivity contribution in [2.45, 2.75) is 26.2 Å². The highest BCUT2D eigenvalue weighted by Gasteiger charge is 2.19. The third kappa shape index (κ3) is 2.80. The summed E-state index contributed by atoms with van der Waals surface area (Å²) in [5.74, 6) is 0. The van der Waals surface area contributed by atoms with Gasteiger partial charge in [0.15, 0.2) is 0 Å². The second kappa shape index (κ2) is 6.66. The molecule has 0 bridgehead atoms. The Bertz CT molecular complexity index is 1540. The van der Waals surface area contributed by atoms with Crippen LogP contribution in [0.25, 0.3) is 43.6 Å². The van der Waals surface area contributed by atoms with E-state index in [9.17, 15) is 0 Å². The first-order valence-electron chi connectivity index (χ1n) is 10.7. The van der Waals surface area contributed by atoms with E-state index in [0.717, 1.165) is 0 Å². The summed E-state index contributed by atoms with van der Waals surface area (Å²) in [7, 11) is 0. The van der Waals surface area contributed by atoms with E-state index in [0.29, 0.717) is 0 Å². The number of hydrogen-bond acceptors (Lipinski definition) is 1. The summed E-state index contributed by atoms with van der Waals surface area (Å²) in [5, 5.41) is 5.19. The van der Waals surface area contributed by atoms with E-state index in [4.69, 9.17) is 0 Å². The van der Waals surface area contributed by atoms with Crippen molar-refractivity contribution in [3.63, 3.8) is 0 Å². The molecule has 0 unspecified atom stereocenters. The molecule has 0 saturated carbocycles. The zero-order valence-corrected chi connectivity index (χ0v) is 18.8. The van der Waals surface area contributed by atoms with Gasteiger partial charge in [-0.3, -0.25) is 7.94 Å². The molecular formula is C28H24N2S. The quantitative estimate of drug-likeness (QED) is 0.275. The van der Waals surface area contributed by atoms with Gasteiger partial charge in [0, 0.05) is 21.5 Å². The number of aromatic nitrogens is 2. The fraction of sp³-hybridized carbons (Fsp3) is 0.143. The van der Waals surface area contributed by atoms with Crippen LogP contribution in [0.1, 0.15) is 26.3 Å². The molecule has 0 aliphatic heterocycles. The molecule has 152 valence electrons. The van der Waals surface area contributed by atoms with Crippen LogP contribution in [0, 0.1) is 0 Å². The Morgan fingerprint density at radius 1 is 0.516 bits per heavy atom. The lowest BCUT2D eigenvalue weighted by Gasteiger charge is -2.19. The summed E-state index contributed by atoms with van der Waals surface area (Å²) in [6.07, 6.45) is 0. The van der Waals surface area contributed by atoms with E-state index in [1.165, 1.54) is 49.2 Å². The standard InChI is InChI=1S/C28H24N2S/c1-28(2,3)19-16-17-23-22-12-6-9-15-26(22)30(27(23)18-19)31-29-24-13-7-4-10-20(24)21-11-5-8-14-25(21)29/h4-18H,1-3H3. The van der Waals surface area contributed by atoms with Gasteiger partial charge in [-0.15, -0.1) is 0 Å². The molecule has 0 atom stereocenters. The third-order valence-electron chi connectivity index (χ3n) is 6.19. The number of fused-ring (bicyclic) bond motifs is 6. The van der Waals surface area contributed by atoms with Gasteiger partial charge < -0.3 is 0 Å². The predicted molar refractivity (Wildman–Crippen MR) is 136 cm³/mol. The van der Waals surface area contributed by atoms with Crippen molar-refractivity contribution in [1.82, 2.24) is 7.94 Å². The van der Waals surface area contributed by atoms with Gasteiger partial charge in [0.2, 0.25) is 0 Å². The molecule has 0 spiro atoms. The highest BCUT2D eigenvalue weighted by Crippen LogP contribution is 2.39. The molecule has 0 fully saturated rings. The first-order chi connectivity index (χ1) is 15.0. The maximum atomic E-state index is 2.40. The summed E-state index contributed by atoms with van der Waals surface area (Å²) in [6, 6.07) is 33.1. The first-order valence-corrected chi connectivity index (χ1v) is 11.5. The van der Waals surface area contributed by atoms with Crippen LogP contribution in [0.4, 0.5) is 0 Å². The summed E-state index contributed by atoms with van der Waals surface area (Å²) in [6.45, 7) is 6.84. The van der Waals surface area contributed by atoms with E-state index in [-0.39, 0.29) is 5.41 Å². The fourth-order valence-electron chi connectivity index (χ4n) is 4.55.